The van der Waals surface area contributed by atoms with Crippen LogP contribution in [0.15, 0.2) is 42.5 Å². The van der Waals surface area contributed by atoms with Gasteiger partial charge in [0.2, 0.25) is 5.91 Å². The van der Waals surface area contributed by atoms with Crippen molar-refractivity contribution in [1.82, 2.24) is 19.5 Å². The van der Waals surface area contributed by atoms with E-state index in [1.165, 1.54) is 0 Å². The van der Waals surface area contributed by atoms with Crippen molar-refractivity contribution in [2.45, 2.75) is 40.0 Å². The number of carbonyl (C=O) groups excluding carboxylic acids is 1. The number of aryl methyl sites for hydroxylation is 1. The van der Waals surface area contributed by atoms with Gasteiger partial charge < -0.3 is 4.90 Å². The molecule has 0 aliphatic rings. The summed E-state index contributed by atoms with van der Waals surface area (Å²) in [5.74, 6) is 0.135. The summed E-state index contributed by atoms with van der Waals surface area (Å²) >= 11 is 0. The fraction of sp³-hybridized carbons (Fsp3) is 0.381. The number of imidazole rings is 1. The molecule has 0 saturated carbocycles. The van der Waals surface area contributed by atoms with Gasteiger partial charge in [0.05, 0.1) is 23.5 Å². The lowest BCUT2D eigenvalue weighted by molar-refractivity contribution is -0.130. The molecular formula is C21H26N4O. The van der Waals surface area contributed by atoms with Gasteiger partial charge in [-0.1, -0.05) is 44.2 Å². The van der Waals surface area contributed by atoms with E-state index in [-0.39, 0.29) is 5.91 Å². The number of hydrogen-bond donors (Lipinski definition) is 0. The van der Waals surface area contributed by atoms with Crippen molar-refractivity contribution in [3.63, 3.8) is 0 Å². The molecule has 136 valence electrons. The Bertz CT molecular complexity index is 880. The van der Waals surface area contributed by atoms with Gasteiger partial charge in [-0.05, 0) is 31.9 Å². The lowest BCUT2D eigenvalue weighted by Gasteiger charge is -2.21. The van der Waals surface area contributed by atoms with E-state index >= 15 is 0 Å². The lowest BCUT2D eigenvalue weighted by Crippen LogP contribution is -2.34. The molecule has 0 unspecified atom stereocenters. The monoisotopic (exact) mass is 350 g/mol. The van der Waals surface area contributed by atoms with E-state index in [0.717, 1.165) is 54.2 Å². The number of aromatic nitrogens is 3. The fourth-order valence-corrected chi connectivity index (χ4v) is 3.21. The number of hydrogen-bond acceptors (Lipinski definition) is 3. The van der Waals surface area contributed by atoms with E-state index in [0.29, 0.717) is 6.42 Å². The van der Waals surface area contributed by atoms with Crippen LogP contribution in [-0.2, 0) is 11.2 Å². The number of amides is 1. The van der Waals surface area contributed by atoms with Gasteiger partial charge in [-0.25, -0.2) is 9.50 Å². The smallest absolute Gasteiger partial charge is 0.228 e. The van der Waals surface area contributed by atoms with Gasteiger partial charge in [0.1, 0.15) is 0 Å². The van der Waals surface area contributed by atoms with Crippen molar-refractivity contribution >= 4 is 11.6 Å². The predicted molar refractivity (Wildman–Crippen MR) is 104 cm³/mol. The number of rotatable bonds is 7. The average molecular weight is 350 g/mol. The molecule has 0 spiro atoms. The van der Waals surface area contributed by atoms with Gasteiger partial charge in [-0.3, -0.25) is 4.79 Å². The summed E-state index contributed by atoms with van der Waals surface area (Å²) in [6.07, 6.45) is 2.23. The van der Waals surface area contributed by atoms with Gasteiger partial charge in [-0.2, -0.15) is 5.10 Å². The zero-order valence-corrected chi connectivity index (χ0v) is 15.8. The van der Waals surface area contributed by atoms with Crippen LogP contribution in [0.4, 0.5) is 0 Å². The summed E-state index contributed by atoms with van der Waals surface area (Å²) in [4.78, 5) is 19.7. The topological polar surface area (TPSA) is 50.5 Å². The molecule has 3 aromatic rings. The minimum Gasteiger partial charge on any atom is -0.342 e. The zero-order chi connectivity index (χ0) is 18.5. The van der Waals surface area contributed by atoms with Gasteiger partial charge >= 0.3 is 0 Å². The molecule has 0 fully saturated rings. The molecule has 0 radical (unpaired) electrons. The molecule has 0 aliphatic carbocycles. The summed E-state index contributed by atoms with van der Waals surface area (Å²) in [6.45, 7) is 7.73. The van der Waals surface area contributed by atoms with Crippen LogP contribution in [0.5, 0.6) is 0 Å². The van der Waals surface area contributed by atoms with Gasteiger partial charge in [0.15, 0.2) is 5.65 Å². The number of carbonyl (C=O) groups is 1. The molecule has 5 heteroatoms. The van der Waals surface area contributed by atoms with Gasteiger partial charge in [0, 0.05) is 18.7 Å². The van der Waals surface area contributed by atoms with E-state index in [4.69, 9.17) is 4.98 Å². The van der Waals surface area contributed by atoms with Crippen molar-refractivity contribution in [1.29, 1.82) is 0 Å². The first kappa shape index (κ1) is 18.1. The third kappa shape index (κ3) is 3.77. The molecule has 5 nitrogen and oxygen atoms in total. The third-order valence-electron chi connectivity index (χ3n) is 4.41. The van der Waals surface area contributed by atoms with Crippen LogP contribution in [0, 0.1) is 6.92 Å². The molecule has 0 aliphatic heterocycles. The summed E-state index contributed by atoms with van der Waals surface area (Å²) in [6, 6.07) is 13.9. The Kier molecular flexibility index (Phi) is 5.66. The number of benzene rings is 1. The second kappa shape index (κ2) is 8.13. The Balaban J connectivity index is 2.05. The molecule has 2 heterocycles. The van der Waals surface area contributed by atoms with E-state index in [1.54, 1.807) is 0 Å². The Hall–Kier alpha value is -2.69. The second-order valence-electron chi connectivity index (χ2n) is 6.58. The van der Waals surface area contributed by atoms with E-state index in [1.807, 2.05) is 58.8 Å². The Labute approximate surface area is 154 Å². The largest absolute Gasteiger partial charge is 0.342 e. The minimum absolute atomic E-state index is 0.135. The zero-order valence-electron chi connectivity index (χ0n) is 15.8. The SMILES string of the molecule is CCCN(CCC)C(=O)Cc1c(-c2ccccc2)nc2ccc(C)nn12. The van der Waals surface area contributed by atoms with Crippen LogP contribution in [0.2, 0.25) is 0 Å². The Morgan fingerprint density at radius 2 is 1.73 bits per heavy atom. The molecule has 2 aromatic heterocycles. The van der Waals surface area contributed by atoms with Gasteiger partial charge in [-0.15, -0.1) is 0 Å². The predicted octanol–water partition coefficient (Wildman–Crippen LogP) is 3.90. The highest BCUT2D eigenvalue weighted by molar-refractivity contribution is 5.81. The average Bonchev–Trinajstić information content (AvgIpc) is 3.00. The Morgan fingerprint density at radius 3 is 2.38 bits per heavy atom. The molecule has 1 aromatic carbocycles. The molecule has 26 heavy (non-hydrogen) atoms. The highest BCUT2D eigenvalue weighted by Gasteiger charge is 2.21. The molecule has 0 bridgehead atoms. The van der Waals surface area contributed by atoms with Crippen molar-refractivity contribution in [3.8, 4) is 11.3 Å². The van der Waals surface area contributed by atoms with Crippen molar-refractivity contribution < 1.29 is 4.79 Å². The number of nitrogens with zero attached hydrogens (tertiary/aromatic N) is 4. The maximum atomic E-state index is 13.0. The first-order valence-corrected chi connectivity index (χ1v) is 9.32. The lowest BCUT2D eigenvalue weighted by atomic mass is 10.1. The highest BCUT2D eigenvalue weighted by atomic mass is 16.2. The third-order valence-corrected chi connectivity index (χ3v) is 4.41. The van der Waals surface area contributed by atoms with E-state index in [9.17, 15) is 4.79 Å². The molecule has 1 amide bonds. The van der Waals surface area contributed by atoms with Crippen molar-refractivity contribution in [2.75, 3.05) is 13.1 Å². The van der Waals surface area contributed by atoms with Gasteiger partial charge in [0.25, 0.3) is 0 Å². The van der Waals surface area contributed by atoms with E-state index < -0.39 is 0 Å². The molecule has 0 atom stereocenters. The first-order valence-electron chi connectivity index (χ1n) is 9.32. The molecule has 0 N–H and O–H groups in total. The van der Waals surface area contributed by atoms with Crippen LogP contribution >= 0.6 is 0 Å². The standard InChI is InChI=1S/C21H26N4O/c1-4-13-24(14-5-2)20(26)15-18-21(17-9-7-6-8-10-17)22-19-12-11-16(3)23-25(18)19/h6-12H,4-5,13-15H2,1-3H3. The molecule has 0 saturated heterocycles. The summed E-state index contributed by atoms with van der Waals surface area (Å²) in [5, 5.41) is 4.61. The fourth-order valence-electron chi connectivity index (χ4n) is 3.21. The van der Waals surface area contributed by atoms with Crippen LogP contribution in [-0.4, -0.2) is 38.5 Å². The van der Waals surface area contributed by atoms with Crippen molar-refractivity contribution in [3.05, 3.63) is 53.9 Å². The molecule has 3 rings (SSSR count). The van der Waals surface area contributed by atoms with Crippen LogP contribution < -0.4 is 0 Å². The second-order valence-corrected chi connectivity index (χ2v) is 6.58. The first-order chi connectivity index (χ1) is 12.6. The van der Waals surface area contributed by atoms with Crippen LogP contribution in [0.1, 0.15) is 38.1 Å². The number of fused-ring (bicyclic) bond motifs is 1. The van der Waals surface area contributed by atoms with Crippen LogP contribution in [0.3, 0.4) is 0 Å². The maximum Gasteiger partial charge on any atom is 0.228 e. The van der Waals surface area contributed by atoms with Crippen LogP contribution in [0.25, 0.3) is 16.9 Å². The Morgan fingerprint density at radius 1 is 1.04 bits per heavy atom. The summed E-state index contributed by atoms with van der Waals surface area (Å²) in [5.41, 5.74) is 4.38. The minimum atomic E-state index is 0.135. The quantitative estimate of drug-likeness (QED) is 0.649. The maximum absolute atomic E-state index is 13.0. The van der Waals surface area contributed by atoms with Crippen molar-refractivity contribution in [2.24, 2.45) is 0 Å². The molecular weight excluding hydrogens is 324 g/mol. The summed E-state index contributed by atoms with van der Waals surface area (Å²) < 4.78 is 1.83. The summed E-state index contributed by atoms with van der Waals surface area (Å²) in [7, 11) is 0. The van der Waals surface area contributed by atoms with E-state index in [2.05, 4.69) is 18.9 Å². The highest BCUT2D eigenvalue weighted by Crippen LogP contribution is 2.25. The normalized spacial score (nSPS) is 11.0.